The van der Waals surface area contributed by atoms with Crippen LogP contribution in [-0.4, -0.2) is 25.4 Å². The average molecular weight is 307 g/mol. The number of rotatable bonds is 4. The van der Waals surface area contributed by atoms with Gasteiger partial charge in [0, 0.05) is 29.6 Å². The highest BCUT2D eigenvalue weighted by Crippen LogP contribution is 2.27. The van der Waals surface area contributed by atoms with Crippen LogP contribution in [-0.2, 0) is 6.42 Å². The molecule has 6 heteroatoms. The first-order chi connectivity index (χ1) is 9.70. The molecule has 0 N–H and O–H groups in total. The van der Waals surface area contributed by atoms with Gasteiger partial charge in [-0.1, -0.05) is 0 Å². The number of alkyl halides is 1. The van der Waals surface area contributed by atoms with E-state index in [9.17, 15) is 0 Å². The number of fused-ring (bicyclic) bond motifs is 1. The molecule has 0 radical (unpaired) electrons. The molecular weight excluding hydrogens is 292 g/mol. The maximum Gasteiger partial charge on any atom is 0.160 e. The summed E-state index contributed by atoms with van der Waals surface area (Å²) >= 11 is 7.61. The fourth-order valence-corrected chi connectivity index (χ4v) is 3.31. The minimum atomic E-state index is 0.117. The second-order valence-electron chi connectivity index (χ2n) is 4.67. The molecule has 1 unspecified atom stereocenters. The van der Waals surface area contributed by atoms with Crippen molar-refractivity contribution in [1.29, 1.82) is 0 Å². The van der Waals surface area contributed by atoms with E-state index in [2.05, 4.69) is 33.4 Å². The second-order valence-corrected chi connectivity index (χ2v) is 6.31. The zero-order chi connectivity index (χ0) is 14.1. The topological polar surface area (TPSA) is 43.6 Å². The lowest BCUT2D eigenvalue weighted by Crippen LogP contribution is -2.11. The van der Waals surface area contributed by atoms with Crippen LogP contribution in [0.2, 0.25) is 0 Å². The first-order valence-corrected chi connectivity index (χ1v) is 7.86. The lowest BCUT2D eigenvalue weighted by Gasteiger charge is -2.14. The van der Waals surface area contributed by atoms with Gasteiger partial charge in [0.25, 0.3) is 0 Å². The fourth-order valence-electron chi connectivity index (χ4n) is 2.32. The molecule has 3 aromatic heterocycles. The monoisotopic (exact) mass is 306 g/mol. The van der Waals surface area contributed by atoms with Crippen molar-refractivity contribution in [3.05, 3.63) is 40.2 Å². The van der Waals surface area contributed by atoms with Crippen LogP contribution in [0.15, 0.2) is 24.5 Å². The minimum absolute atomic E-state index is 0.117. The molecule has 0 amide bonds. The van der Waals surface area contributed by atoms with E-state index in [-0.39, 0.29) is 6.04 Å². The molecular formula is C14H15ClN4S. The van der Waals surface area contributed by atoms with Gasteiger partial charge in [0.1, 0.15) is 16.3 Å². The fraction of sp³-hybridized carbons (Fsp3) is 0.357. The van der Waals surface area contributed by atoms with Crippen molar-refractivity contribution < 1.29 is 0 Å². The third kappa shape index (κ3) is 2.31. The number of thiazole rings is 1. The van der Waals surface area contributed by atoms with E-state index in [1.165, 1.54) is 4.88 Å². The Morgan fingerprint density at radius 3 is 2.95 bits per heavy atom. The molecule has 20 heavy (non-hydrogen) atoms. The Balaban J connectivity index is 2.15. The number of nitrogens with zero attached hydrogens (tertiary/aromatic N) is 4. The predicted octanol–water partition coefficient (Wildman–Crippen LogP) is 3.59. The highest BCUT2D eigenvalue weighted by molar-refractivity contribution is 7.11. The normalized spacial score (nSPS) is 12.9. The molecule has 0 aliphatic heterocycles. The Bertz CT molecular complexity index is 734. The summed E-state index contributed by atoms with van der Waals surface area (Å²) in [4.78, 5) is 14.8. The van der Waals surface area contributed by atoms with Crippen molar-refractivity contribution in [2.24, 2.45) is 0 Å². The van der Waals surface area contributed by atoms with Gasteiger partial charge in [0.05, 0.1) is 6.04 Å². The van der Waals surface area contributed by atoms with Crippen LogP contribution >= 0.6 is 22.9 Å². The number of aromatic nitrogens is 4. The summed E-state index contributed by atoms with van der Waals surface area (Å²) in [6.45, 7) is 4.20. The van der Waals surface area contributed by atoms with Crippen LogP contribution in [0.1, 0.15) is 28.7 Å². The van der Waals surface area contributed by atoms with Crippen LogP contribution in [0.3, 0.4) is 0 Å². The van der Waals surface area contributed by atoms with E-state index in [0.29, 0.717) is 5.88 Å². The van der Waals surface area contributed by atoms with Crippen LogP contribution < -0.4 is 0 Å². The zero-order valence-corrected chi connectivity index (χ0v) is 12.9. The quantitative estimate of drug-likeness (QED) is 0.692. The Kier molecular flexibility index (Phi) is 3.72. The van der Waals surface area contributed by atoms with Crippen molar-refractivity contribution >= 4 is 34.1 Å². The van der Waals surface area contributed by atoms with Crippen molar-refractivity contribution in [1.82, 2.24) is 19.5 Å². The molecule has 4 nitrogen and oxygen atoms in total. The molecule has 104 valence electrons. The third-order valence-electron chi connectivity index (χ3n) is 3.22. The molecule has 0 aromatic carbocycles. The van der Waals surface area contributed by atoms with Crippen LogP contribution in [0.25, 0.3) is 11.2 Å². The highest BCUT2D eigenvalue weighted by Gasteiger charge is 2.19. The van der Waals surface area contributed by atoms with Gasteiger partial charge in [0.15, 0.2) is 5.65 Å². The van der Waals surface area contributed by atoms with Crippen LogP contribution in [0, 0.1) is 6.92 Å². The van der Waals surface area contributed by atoms with Gasteiger partial charge in [-0.25, -0.2) is 15.0 Å². The smallest absolute Gasteiger partial charge is 0.160 e. The summed E-state index contributed by atoms with van der Waals surface area (Å²) in [7, 11) is 0. The number of hydrogen-bond donors (Lipinski definition) is 0. The predicted molar refractivity (Wildman–Crippen MR) is 82.6 cm³/mol. The molecule has 3 aromatic rings. The lowest BCUT2D eigenvalue weighted by atomic mass is 10.3. The Morgan fingerprint density at radius 1 is 1.40 bits per heavy atom. The van der Waals surface area contributed by atoms with Gasteiger partial charge in [0.2, 0.25) is 0 Å². The molecule has 3 heterocycles. The van der Waals surface area contributed by atoms with Crippen molar-refractivity contribution in [3.63, 3.8) is 0 Å². The molecule has 0 aliphatic rings. The van der Waals surface area contributed by atoms with Crippen LogP contribution in [0.5, 0.6) is 0 Å². The van der Waals surface area contributed by atoms with E-state index in [0.717, 1.165) is 28.4 Å². The van der Waals surface area contributed by atoms with Gasteiger partial charge in [-0.15, -0.1) is 22.9 Å². The Hall–Kier alpha value is -1.46. The van der Waals surface area contributed by atoms with E-state index >= 15 is 0 Å². The van der Waals surface area contributed by atoms with E-state index in [1.807, 2.05) is 18.3 Å². The Labute approximate surface area is 126 Å². The van der Waals surface area contributed by atoms with E-state index in [4.69, 9.17) is 11.6 Å². The molecule has 1 atom stereocenters. The molecule has 0 fully saturated rings. The van der Waals surface area contributed by atoms with Gasteiger partial charge in [-0.3, -0.25) is 0 Å². The maximum atomic E-state index is 5.90. The van der Waals surface area contributed by atoms with Gasteiger partial charge < -0.3 is 4.57 Å². The SMILES string of the molecule is Cc1cnc(C(C)n2c(CCCl)nc3cccnc32)s1. The van der Waals surface area contributed by atoms with Crippen molar-refractivity contribution in [3.8, 4) is 0 Å². The summed E-state index contributed by atoms with van der Waals surface area (Å²) in [5, 5.41) is 1.07. The van der Waals surface area contributed by atoms with Gasteiger partial charge in [-0.2, -0.15) is 0 Å². The molecule has 0 saturated carbocycles. The molecule has 0 saturated heterocycles. The number of aryl methyl sites for hydroxylation is 2. The molecule has 3 rings (SSSR count). The number of halogens is 1. The van der Waals surface area contributed by atoms with Gasteiger partial charge in [-0.05, 0) is 26.0 Å². The minimum Gasteiger partial charge on any atom is -0.303 e. The van der Waals surface area contributed by atoms with Crippen LogP contribution in [0.4, 0.5) is 0 Å². The summed E-state index contributed by atoms with van der Waals surface area (Å²) in [5.74, 6) is 1.52. The number of pyridine rings is 1. The van der Waals surface area contributed by atoms with Crippen molar-refractivity contribution in [2.75, 3.05) is 5.88 Å². The third-order valence-corrected chi connectivity index (χ3v) is 4.50. The van der Waals surface area contributed by atoms with Gasteiger partial charge >= 0.3 is 0 Å². The second kappa shape index (κ2) is 5.50. The highest BCUT2D eigenvalue weighted by atomic mass is 35.5. The molecule has 0 aliphatic carbocycles. The van der Waals surface area contributed by atoms with E-state index in [1.54, 1.807) is 17.5 Å². The first-order valence-electron chi connectivity index (χ1n) is 6.51. The molecule has 0 bridgehead atoms. The standard InChI is InChI=1S/C14H15ClN4S/c1-9-8-17-14(20-9)10(2)19-12(5-6-15)18-11-4-3-7-16-13(11)19/h3-4,7-8,10H,5-6H2,1-2H3. The first kappa shape index (κ1) is 13.5. The zero-order valence-electron chi connectivity index (χ0n) is 11.4. The van der Waals surface area contributed by atoms with Crippen molar-refractivity contribution in [2.45, 2.75) is 26.3 Å². The van der Waals surface area contributed by atoms with E-state index < -0.39 is 0 Å². The summed E-state index contributed by atoms with van der Waals surface area (Å²) in [5.41, 5.74) is 1.81. The molecule has 0 spiro atoms. The lowest BCUT2D eigenvalue weighted by molar-refractivity contribution is 0.615. The maximum absolute atomic E-state index is 5.90. The summed E-state index contributed by atoms with van der Waals surface area (Å²) in [6.07, 6.45) is 4.43. The number of imidazole rings is 1. The summed E-state index contributed by atoms with van der Waals surface area (Å²) in [6, 6.07) is 4.01. The largest absolute Gasteiger partial charge is 0.303 e. The average Bonchev–Trinajstić information content (AvgIpc) is 3.02. The summed E-state index contributed by atoms with van der Waals surface area (Å²) < 4.78 is 2.15. The Morgan fingerprint density at radius 2 is 2.25 bits per heavy atom. The number of hydrogen-bond acceptors (Lipinski definition) is 4.